The molecule has 0 atom stereocenters. The third-order valence-electron chi connectivity index (χ3n) is 2.12. The van der Waals surface area contributed by atoms with Crippen molar-refractivity contribution in [2.45, 2.75) is 26.2 Å². The summed E-state index contributed by atoms with van der Waals surface area (Å²) in [5.41, 5.74) is 5.82. The SMILES string of the molecule is CCCCC(=O)Nc1cnccc1C(N)=O. The van der Waals surface area contributed by atoms with Gasteiger partial charge in [0, 0.05) is 12.6 Å². The zero-order chi connectivity index (χ0) is 12.0. The second-order valence-corrected chi connectivity index (χ2v) is 3.44. The highest BCUT2D eigenvalue weighted by Gasteiger charge is 2.10. The third kappa shape index (κ3) is 3.34. The van der Waals surface area contributed by atoms with E-state index >= 15 is 0 Å². The van der Waals surface area contributed by atoms with Crippen molar-refractivity contribution in [1.82, 2.24) is 4.98 Å². The molecule has 0 aliphatic heterocycles. The van der Waals surface area contributed by atoms with Crippen LogP contribution >= 0.6 is 0 Å². The van der Waals surface area contributed by atoms with E-state index in [1.807, 2.05) is 6.92 Å². The van der Waals surface area contributed by atoms with Crippen LogP contribution in [-0.2, 0) is 4.79 Å². The number of nitrogens with one attached hydrogen (secondary N) is 1. The van der Waals surface area contributed by atoms with Gasteiger partial charge in [-0.3, -0.25) is 14.6 Å². The van der Waals surface area contributed by atoms with Gasteiger partial charge < -0.3 is 11.1 Å². The van der Waals surface area contributed by atoms with Gasteiger partial charge in [0.15, 0.2) is 0 Å². The van der Waals surface area contributed by atoms with E-state index in [1.165, 1.54) is 18.5 Å². The van der Waals surface area contributed by atoms with Gasteiger partial charge in [-0.1, -0.05) is 13.3 Å². The first kappa shape index (κ1) is 12.2. The zero-order valence-electron chi connectivity index (χ0n) is 9.19. The maximum absolute atomic E-state index is 11.5. The molecule has 0 aliphatic rings. The highest BCUT2D eigenvalue weighted by atomic mass is 16.2. The molecule has 0 spiro atoms. The molecule has 0 saturated heterocycles. The van der Waals surface area contributed by atoms with E-state index < -0.39 is 5.91 Å². The topological polar surface area (TPSA) is 85.1 Å². The standard InChI is InChI=1S/C11H15N3O2/c1-2-3-4-10(15)14-9-7-13-6-5-8(9)11(12)16/h5-7H,2-4H2,1H3,(H2,12,16)(H,14,15). The minimum absolute atomic E-state index is 0.127. The third-order valence-corrected chi connectivity index (χ3v) is 2.12. The Balaban J connectivity index is 2.73. The van der Waals surface area contributed by atoms with Crippen molar-refractivity contribution in [2.75, 3.05) is 5.32 Å². The lowest BCUT2D eigenvalue weighted by Gasteiger charge is -2.07. The number of hydrogen-bond acceptors (Lipinski definition) is 3. The van der Waals surface area contributed by atoms with E-state index in [-0.39, 0.29) is 11.5 Å². The number of aromatic nitrogens is 1. The van der Waals surface area contributed by atoms with Crippen LogP contribution in [0.3, 0.4) is 0 Å². The fourth-order valence-corrected chi connectivity index (χ4v) is 1.26. The molecule has 0 saturated carbocycles. The second kappa shape index (κ2) is 5.85. The largest absolute Gasteiger partial charge is 0.366 e. The molecule has 0 radical (unpaired) electrons. The summed E-state index contributed by atoms with van der Waals surface area (Å²) < 4.78 is 0. The fourth-order valence-electron chi connectivity index (χ4n) is 1.26. The average Bonchev–Trinajstić information content (AvgIpc) is 2.27. The summed E-state index contributed by atoms with van der Waals surface area (Å²) in [7, 11) is 0. The quantitative estimate of drug-likeness (QED) is 0.786. The second-order valence-electron chi connectivity index (χ2n) is 3.44. The first-order chi connectivity index (χ1) is 7.65. The van der Waals surface area contributed by atoms with E-state index in [2.05, 4.69) is 10.3 Å². The van der Waals surface area contributed by atoms with Gasteiger partial charge in [0.1, 0.15) is 0 Å². The predicted octanol–water partition coefficient (Wildman–Crippen LogP) is 1.31. The van der Waals surface area contributed by atoms with Crippen molar-refractivity contribution in [2.24, 2.45) is 5.73 Å². The van der Waals surface area contributed by atoms with Crippen LogP contribution in [-0.4, -0.2) is 16.8 Å². The number of pyridine rings is 1. The Bertz CT molecular complexity index is 391. The monoisotopic (exact) mass is 221 g/mol. The number of primary amides is 1. The van der Waals surface area contributed by atoms with Crippen LogP contribution < -0.4 is 11.1 Å². The number of nitrogens with zero attached hydrogens (tertiary/aromatic N) is 1. The van der Waals surface area contributed by atoms with Gasteiger partial charge in [0.05, 0.1) is 17.4 Å². The summed E-state index contributed by atoms with van der Waals surface area (Å²) in [6, 6.07) is 1.48. The molecular weight excluding hydrogens is 206 g/mol. The number of hydrogen-bond donors (Lipinski definition) is 2. The van der Waals surface area contributed by atoms with Crippen molar-refractivity contribution >= 4 is 17.5 Å². The van der Waals surface area contributed by atoms with E-state index in [0.717, 1.165) is 12.8 Å². The molecule has 5 nitrogen and oxygen atoms in total. The maximum atomic E-state index is 11.5. The van der Waals surface area contributed by atoms with Crippen LogP contribution in [0.1, 0.15) is 36.5 Å². The first-order valence-electron chi connectivity index (χ1n) is 5.18. The molecule has 0 bridgehead atoms. The van der Waals surface area contributed by atoms with E-state index in [9.17, 15) is 9.59 Å². The van der Waals surface area contributed by atoms with Gasteiger partial charge in [-0.05, 0) is 12.5 Å². The molecule has 3 N–H and O–H groups in total. The maximum Gasteiger partial charge on any atom is 0.250 e. The molecular formula is C11H15N3O2. The van der Waals surface area contributed by atoms with Crippen LogP contribution in [0.5, 0.6) is 0 Å². The molecule has 86 valence electrons. The number of unbranched alkanes of at least 4 members (excludes halogenated alkanes) is 1. The molecule has 1 aromatic rings. The van der Waals surface area contributed by atoms with E-state index in [0.29, 0.717) is 12.1 Å². The smallest absolute Gasteiger partial charge is 0.250 e. The highest BCUT2D eigenvalue weighted by Crippen LogP contribution is 2.13. The summed E-state index contributed by atoms with van der Waals surface area (Å²) in [5, 5.41) is 2.62. The number of carbonyl (C=O) groups is 2. The molecule has 1 heterocycles. The molecule has 2 amide bonds. The van der Waals surface area contributed by atoms with Gasteiger partial charge in [0.25, 0.3) is 5.91 Å². The molecule has 0 fully saturated rings. The number of amides is 2. The molecule has 1 rings (SSSR count). The highest BCUT2D eigenvalue weighted by molar-refractivity contribution is 6.02. The Kier molecular flexibility index (Phi) is 4.44. The lowest BCUT2D eigenvalue weighted by atomic mass is 10.2. The Morgan fingerprint density at radius 2 is 2.25 bits per heavy atom. The van der Waals surface area contributed by atoms with Crippen LogP contribution in [0, 0.1) is 0 Å². The first-order valence-corrected chi connectivity index (χ1v) is 5.18. The summed E-state index contributed by atoms with van der Waals surface area (Å²) in [6.07, 6.45) is 5.08. The molecule has 0 aliphatic carbocycles. The van der Waals surface area contributed by atoms with Crippen LogP contribution in [0.15, 0.2) is 18.5 Å². The van der Waals surface area contributed by atoms with Gasteiger partial charge >= 0.3 is 0 Å². The fraction of sp³-hybridized carbons (Fsp3) is 0.364. The lowest BCUT2D eigenvalue weighted by molar-refractivity contribution is -0.116. The van der Waals surface area contributed by atoms with E-state index in [4.69, 9.17) is 5.73 Å². The average molecular weight is 221 g/mol. The van der Waals surface area contributed by atoms with Gasteiger partial charge in [-0.25, -0.2) is 0 Å². The van der Waals surface area contributed by atoms with Crippen LogP contribution in [0.4, 0.5) is 5.69 Å². The van der Waals surface area contributed by atoms with Gasteiger partial charge in [0.2, 0.25) is 5.91 Å². The van der Waals surface area contributed by atoms with Crippen LogP contribution in [0.25, 0.3) is 0 Å². The van der Waals surface area contributed by atoms with Gasteiger partial charge in [-0.15, -0.1) is 0 Å². The number of anilines is 1. The lowest BCUT2D eigenvalue weighted by Crippen LogP contribution is -2.18. The summed E-state index contributed by atoms with van der Waals surface area (Å²) in [5.74, 6) is -0.703. The Morgan fingerprint density at radius 3 is 2.88 bits per heavy atom. The molecule has 0 aromatic carbocycles. The molecule has 16 heavy (non-hydrogen) atoms. The summed E-state index contributed by atoms with van der Waals surface area (Å²) in [4.78, 5) is 26.4. The summed E-state index contributed by atoms with van der Waals surface area (Å²) in [6.45, 7) is 2.01. The Hall–Kier alpha value is -1.91. The molecule has 0 unspecified atom stereocenters. The minimum atomic E-state index is -0.576. The van der Waals surface area contributed by atoms with E-state index in [1.54, 1.807) is 0 Å². The molecule has 5 heteroatoms. The zero-order valence-corrected chi connectivity index (χ0v) is 9.19. The van der Waals surface area contributed by atoms with Crippen molar-refractivity contribution in [1.29, 1.82) is 0 Å². The number of rotatable bonds is 5. The molecule has 1 aromatic heterocycles. The van der Waals surface area contributed by atoms with Crippen molar-refractivity contribution in [3.63, 3.8) is 0 Å². The van der Waals surface area contributed by atoms with Crippen molar-refractivity contribution in [3.8, 4) is 0 Å². The Labute approximate surface area is 94.1 Å². The minimum Gasteiger partial charge on any atom is -0.366 e. The Morgan fingerprint density at radius 1 is 1.50 bits per heavy atom. The van der Waals surface area contributed by atoms with Crippen molar-refractivity contribution < 1.29 is 9.59 Å². The number of carbonyl (C=O) groups excluding carboxylic acids is 2. The normalized spacial score (nSPS) is 9.81. The predicted molar refractivity (Wildman–Crippen MR) is 60.9 cm³/mol. The summed E-state index contributed by atoms with van der Waals surface area (Å²) >= 11 is 0. The van der Waals surface area contributed by atoms with Crippen LogP contribution in [0.2, 0.25) is 0 Å². The van der Waals surface area contributed by atoms with Crippen molar-refractivity contribution in [3.05, 3.63) is 24.0 Å². The number of nitrogens with two attached hydrogens (primary N) is 1. The van der Waals surface area contributed by atoms with Gasteiger partial charge in [-0.2, -0.15) is 0 Å².